The topological polar surface area (TPSA) is 56.1 Å². The van der Waals surface area contributed by atoms with Crippen LogP contribution in [-0.4, -0.2) is 23.9 Å². The first kappa shape index (κ1) is 15.3. The zero-order chi connectivity index (χ0) is 15.4. The number of nitrogens with zero attached hydrogens (tertiary/aromatic N) is 2. The Bertz CT molecular complexity index is 679. The Morgan fingerprint density at radius 2 is 2.00 bits per heavy atom. The Hall–Kier alpha value is -2.14. The lowest BCUT2D eigenvalue weighted by Gasteiger charge is -2.18. The van der Waals surface area contributed by atoms with E-state index in [0.717, 1.165) is 5.56 Å². The molecule has 0 amide bonds. The molecule has 1 N–H and O–H groups in total. The fourth-order valence-electron chi connectivity index (χ4n) is 2.19. The van der Waals surface area contributed by atoms with Crippen molar-refractivity contribution in [3.63, 3.8) is 0 Å². The summed E-state index contributed by atoms with van der Waals surface area (Å²) >= 11 is 0. The van der Waals surface area contributed by atoms with Crippen LogP contribution in [0.4, 0.5) is 0 Å². The van der Waals surface area contributed by atoms with E-state index in [9.17, 15) is 4.79 Å². The first-order valence-corrected chi connectivity index (χ1v) is 6.91. The van der Waals surface area contributed by atoms with Crippen molar-refractivity contribution in [1.29, 1.82) is 0 Å². The van der Waals surface area contributed by atoms with E-state index in [1.807, 2.05) is 7.05 Å². The molecule has 0 fully saturated rings. The van der Waals surface area contributed by atoms with E-state index in [4.69, 9.17) is 4.74 Å². The molecule has 0 aliphatic heterocycles. The molecule has 5 nitrogen and oxygen atoms in total. The largest absolute Gasteiger partial charge is 0.480 e. The Labute approximate surface area is 124 Å². The summed E-state index contributed by atoms with van der Waals surface area (Å²) in [7, 11) is 3.42. The normalized spacial score (nSPS) is 12.2. The van der Waals surface area contributed by atoms with Crippen molar-refractivity contribution in [2.24, 2.45) is 0 Å². The molecular formula is C16H21N3O2. The number of likely N-dealkylation sites (N-methyl/N-ethyl adjacent to an activating group) is 1. The summed E-state index contributed by atoms with van der Waals surface area (Å²) in [5.74, 6) is 0.435. The van der Waals surface area contributed by atoms with Crippen molar-refractivity contribution in [1.82, 2.24) is 15.1 Å². The van der Waals surface area contributed by atoms with Gasteiger partial charge in [-0.25, -0.2) is 4.68 Å². The molecule has 0 saturated heterocycles. The molecule has 0 bridgehead atoms. The van der Waals surface area contributed by atoms with E-state index < -0.39 is 0 Å². The highest BCUT2D eigenvalue weighted by Gasteiger charge is 2.13. The number of hydrogen-bond donors (Lipinski definition) is 1. The van der Waals surface area contributed by atoms with Gasteiger partial charge in [0.15, 0.2) is 0 Å². The maximum Gasteiger partial charge on any atom is 0.267 e. The van der Waals surface area contributed by atoms with Gasteiger partial charge in [0, 0.05) is 12.1 Å². The zero-order valence-electron chi connectivity index (χ0n) is 12.9. The van der Waals surface area contributed by atoms with Crippen molar-refractivity contribution in [2.45, 2.75) is 26.4 Å². The van der Waals surface area contributed by atoms with Crippen LogP contribution < -0.4 is 15.6 Å². The van der Waals surface area contributed by atoms with E-state index in [2.05, 4.69) is 42.5 Å². The average molecular weight is 287 g/mol. The zero-order valence-corrected chi connectivity index (χ0v) is 12.9. The van der Waals surface area contributed by atoms with E-state index in [1.165, 1.54) is 29.0 Å². The standard InChI is InChI=1S/C16H21N3O2/c1-11-5-6-13(9-12(11)2)14(17-3)10-19-16(20)8-7-15(18-19)21-4/h5-9,14,17H,10H2,1-4H3. The molecule has 21 heavy (non-hydrogen) atoms. The third kappa shape index (κ3) is 3.49. The molecule has 1 unspecified atom stereocenters. The van der Waals surface area contributed by atoms with Gasteiger partial charge in [-0.3, -0.25) is 4.79 Å². The number of aromatic nitrogens is 2. The average Bonchev–Trinajstić information content (AvgIpc) is 2.49. The number of rotatable bonds is 5. The molecule has 2 aromatic rings. The van der Waals surface area contributed by atoms with E-state index >= 15 is 0 Å². The monoisotopic (exact) mass is 287 g/mol. The second-order valence-corrected chi connectivity index (χ2v) is 5.08. The van der Waals surface area contributed by atoms with Crippen LogP contribution in [0.1, 0.15) is 22.7 Å². The highest BCUT2D eigenvalue weighted by Crippen LogP contribution is 2.18. The van der Waals surface area contributed by atoms with Crippen molar-refractivity contribution < 1.29 is 4.74 Å². The minimum atomic E-state index is -0.139. The van der Waals surface area contributed by atoms with Gasteiger partial charge in [0.2, 0.25) is 5.88 Å². The summed E-state index contributed by atoms with van der Waals surface area (Å²) < 4.78 is 6.50. The fourth-order valence-corrected chi connectivity index (χ4v) is 2.19. The van der Waals surface area contributed by atoms with Crippen molar-refractivity contribution >= 4 is 0 Å². The maximum absolute atomic E-state index is 11.9. The minimum absolute atomic E-state index is 0.0154. The molecule has 0 aliphatic carbocycles. The number of methoxy groups -OCH3 is 1. The SMILES string of the molecule is CNC(Cn1nc(OC)ccc1=O)c1ccc(C)c(C)c1. The summed E-state index contributed by atoms with van der Waals surface area (Å²) in [6.07, 6.45) is 0. The molecule has 0 saturated carbocycles. The molecule has 1 atom stereocenters. The summed E-state index contributed by atoms with van der Waals surface area (Å²) in [6.45, 7) is 4.62. The van der Waals surface area contributed by atoms with Gasteiger partial charge < -0.3 is 10.1 Å². The molecule has 112 valence electrons. The Balaban J connectivity index is 2.30. The first-order valence-electron chi connectivity index (χ1n) is 6.91. The maximum atomic E-state index is 11.9. The quantitative estimate of drug-likeness (QED) is 0.911. The minimum Gasteiger partial charge on any atom is -0.480 e. The highest BCUT2D eigenvalue weighted by molar-refractivity contribution is 5.31. The number of benzene rings is 1. The van der Waals surface area contributed by atoms with Crippen LogP contribution in [0.2, 0.25) is 0 Å². The van der Waals surface area contributed by atoms with Crippen LogP contribution in [0.5, 0.6) is 5.88 Å². The lowest BCUT2D eigenvalue weighted by Crippen LogP contribution is -2.30. The number of nitrogens with one attached hydrogen (secondary N) is 1. The van der Waals surface area contributed by atoms with Gasteiger partial charge in [-0.2, -0.15) is 0 Å². The van der Waals surface area contributed by atoms with E-state index in [0.29, 0.717) is 12.4 Å². The van der Waals surface area contributed by atoms with Gasteiger partial charge in [0.05, 0.1) is 19.7 Å². The van der Waals surface area contributed by atoms with Gasteiger partial charge in [-0.05, 0) is 37.6 Å². The van der Waals surface area contributed by atoms with E-state index in [1.54, 1.807) is 6.07 Å². The third-order valence-corrected chi connectivity index (χ3v) is 3.69. The van der Waals surface area contributed by atoms with Gasteiger partial charge in [0.1, 0.15) is 0 Å². The van der Waals surface area contributed by atoms with Crippen LogP contribution in [0, 0.1) is 13.8 Å². The van der Waals surface area contributed by atoms with Gasteiger partial charge in [-0.15, -0.1) is 5.10 Å². The van der Waals surface area contributed by atoms with Crippen LogP contribution >= 0.6 is 0 Å². The fraction of sp³-hybridized carbons (Fsp3) is 0.375. The summed E-state index contributed by atoms with van der Waals surface area (Å²) in [4.78, 5) is 11.9. The molecular weight excluding hydrogens is 266 g/mol. The van der Waals surface area contributed by atoms with Gasteiger partial charge >= 0.3 is 0 Å². The lowest BCUT2D eigenvalue weighted by molar-refractivity contribution is 0.364. The van der Waals surface area contributed by atoms with Crippen LogP contribution in [0.3, 0.4) is 0 Å². The summed E-state index contributed by atoms with van der Waals surface area (Å²) in [5.41, 5.74) is 3.49. The van der Waals surface area contributed by atoms with Gasteiger partial charge in [-0.1, -0.05) is 18.2 Å². The second-order valence-electron chi connectivity index (χ2n) is 5.08. The van der Waals surface area contributed by atoms with Crippen LogP contribution in [0.15, 0.2) is 35.1 Å². The molecule has 2 rings (SSSR count). The predicted octanol–water partition coefficient (Wildman–Crippen LogP) is 1.83. The molecule has 1 aromatic heterocycles. The number of ether oxygens (including phenoxy) is 1. The molecule has 1 heterocycles. The third-order valence-electron chi connectivity index (χ3n) is 3.69. The summed E-state index contributed by atoms with van der Waals surface area (Å²) in [6, 6.07) is 9.37. The van der Waals surface area contributed by atoms with Crippen molar-refractivity contribution in [3.05, 3.63) is 57.4 Å². The lowest BCUT2D eigenvalue weighted by atomic mass is 10.0. The van der Waals surface area contributed by atoms with Gasteiger partial charge in [0.25, 0.3) is 5.56 Å². The Kier molecular flexibility index (Phi) is 4.75. The highest BCUT2D eigenvalue weighted by atomic mass is 16.5. The van der Waals surface area contributed by atoms with Crippen molar-refractivity contribution in [2.75, 3.05) is 14.2 Å². The predicted molar refractivity (Wildman–Crippen MR) is 82.8 cm³/mol. The molecule has 5 heteroatoms. The Morgan fingerprint density at radius 3 is 2.62 bits per heavy atom. The first-order chi connectivity index (χ1) is 10.0. The van der Waals surface area contributed by atoms with Crippen LogP contribution in [-0.2, 0) is 6.54 Å². The number of aryl methyl sites for hydroxylation is 2. The second kappa shape index (κ2) is 6.54. The molecule has 1 aromatic carbocycles. The molecule has 0 radical (unpaired) electrons. The number of hydrogen-bond acceptors (Lipinski definition) is 4. The Morgan fingerprint density at radius 1 is 1.24 bits per heavy atom. The molecule has 0 aliphatic rings. The molecule has 0 spiro atoms. The van der Waals surface area contributed by atoms with Crippen LogP contribution in [0.25, 0.3) is 0 Å². The smallest absolute Gasteiger partial charge is 0.267 e. The van der Waals surface area contributed by atoms with E-state index in [-0.39, 0.29) is 11.6 Å². The summed E-state index contributed by atoms with van der Waals surface area (Å²) in [5, 5.41) is 7.42. The van der Waals surface area contributed by atoms with Crippen molar-refractivity contribution in [3.8, 4) is 5.88 Å².